The fraction of sp³-hybridized carbons (Fsp3) is 0.647. The van der Waals surface area contributed by atoms with Gasteiger partial charge in [-0.2, -0.15) is 0 Å². The summed E-state index contributed by atoms with van der Waals surface area (Å²) in [5, 5.41) is 14.5. The molecule has 4 heteroatoms. The van der Waals surface area contributed by atoms with E-state index in [1.165, 1.54) is 6.42 Å². The van der Waals surface area contributed by atoms with Gasteiger partial charge in [0.1, 0.15) is 0 Å². The van der Waals surface area contributed by atoms with Crippen molar-refractivity contribution in [2.75, 3.05) is 18.5 Å². The summed E-state index contributed by atoms with van der Waals surface area (Å²) in [5.74, 6) is 0. The van der Waals surface area contributed by atoms with Gasteiger partial charge in [0.05, 0.1) is 12.1 Å². The van der Waals surface area contributed by atoms with Gasteiger partial charge in [-0.05, 0) is 37.9 Å². The molecule has 1 aliphatic carbocycles. The summed E-state index contributed by atoms with van der Waals surface area (Å²) in [7, 11) is 2.08. The van der Waals surface area contributed by atoms with E-state index in [1.54, 1.807) is 0 Å². The third-order valence-corrected chi connectivity index (χ3v) is 4.75. The van der Waals surface area contributed by atoms with Crippen molar-refractivity contribution in [3.05, 3.63) is 28.8 Å². The predicted octanol–water partition coefficient (Wildman–Crippen LogP) is 3.58. The zero-order valence-electron chi connectivity index (χ0n) is 13.1. The number of aliphatic hydroxyl groups excluding tert-OH is 1. The zero-order valence-corrected chi connectivity index (χ0v) is 13.9. The quantitative estimate of drug-likeness (QED) is 0.788. The Bertz CT molecular complexity index is 452. The van der Waals surface area contributed by atoms with Crippen LogP contribution in [0.3, 0.4) is 0 Å². The van der Waals surface area contributed by atoms with Crippen molar-refractivity contribution in [3.8, 4) is 0 Å². The molecule has 1 saturated carbocycles. The molecule has 0 heterocycles. The van der Waals surface area contributed by atoms with Gasteiger partial charge < -0.3 is 15.3 Å². The van der Waals surface area contributed by atoms with E-state index in [0.717, 1.165) is 55.0 Å². The first-order chi connectivity index (χ1) is 10.1. The number of likely N-dealkylation sites (N-methyl/N-ethyl adjacent to an activating group) is 1. The number of hydrogen-bond acceptors (Lipinski definition) is 3. The second-order valence-electron chi connectivity index (χ2n) is 5.94. The molecule has 0 aromatic heterocycles. The SMILES string of the molecule is CCCNCc1c(Cl)cccc1N(C)C1CCCCC1O. The molecule has 118 valence electrons. The second kappa shape index (κ2) is 8.02. The Morgan fingerprint density at radius 3 is 2.81 bits per heavy atom. The minimum absolute atomic E-state index is 0.196. The Hall–Kier alpha value is -0.770. The van der Waals surface area contributed by atoms with Crippen molar-refractivity contribution in [2.24, 2.45) is 0 Å². The molecule has 2 rings (SSSR count). The lowest BCUT2D eigenvalue weighted by Crippen LogP contribution is -2.44. The number of nitrogens with one attached hydrogen (secondary N) is 1. The van der Waals surface area contributed by atoms with Gasteiger partial charge in [0.15, 0.2) is 0 Å². The van der Waals surface area contributed by atoms with Crippen LogP contribution >= 0.6 is 11.6 Å². The molecule has 3 nitrogen and oxygen atoms in total. The molecular weight excluding hydrogens is 284 g/mol. The summed E-state index contributed by atoms with van der Waals surface area (Å²) in [5.41, 5.74) is 2.27. The van der Waals surface area contributed by atoms with Gasteiger partial charge in [0.2, 0.25) is 0 Å². The lowest BCUT2D eigenvalue weighted by molar-refractivity contribution is 0.106. The summed E-state index contributed by atoms with van der Waals surface area (Å²) in [6, 6.07) is 6.24. The Labute approximate surface area is 133 Å². The Morgan fingerprint density at radius 2 is 2.10 bits per heavy atom. The summed E-state index contributed by atoms with van der Waals surface area (Å²) < 4.78 is 0. The average molecular weight is 311 g/mol. The maximum atomic E-state index is 10.3. The number of benzene rings is 1. The van der Waals surface area contributed by atoms with Crippen molar-refractivity contribution >= 4 is 17.3 Å². The third-order valence-electron chi connectivity index (χ3n) is 4.39. The minimum atomic E-state index is -0.237. The maximum Gasteiger partial charge on any atom is 0.0743 e. The van der Waals surface area contributed by atoms with E-state index in [-0.39, 0.29) is 12.1 Å². The van der Waals surface area contributed by atoms with Crippen LogP contribution in [0.2, 0.25) is 5.02 Å². The van der Waals surface area contributed by atoms with E-state index >= 15 is 0 Å². The first kappa shape index (κ1) is 16.6. The van der Waals surface area contributed by atoms with E-state index in [9.17, 15) is 5.11 Å². The molecule has 1 aromatic rings. The molecule has 0 aliphatic heterocycles. The number of nitrogens with zero attached hydrogens (tertiary/aromatic N) is 1. The van der Waals surface area contributed by atoms with Crippen molar-refractivity contribution < 1.29 is 5.11 Å². The van der Waals surface area contributed by atoms with Crippen molar-refractivity contribution in [1.29, 1.82) is 0 Å². The molecule has 1 fully saturated rings. The lowest BCUT2D eigenvalue weighted by Gasteiger charge is -2.37. The highest BCUT2D eigenvalue weighted by Crippen LogP contribution is 2.32. The van der Waals surface area contributed by atoms with Crippen molar-refractivity contribution in [2.45, 2.75) is 57.7 Å². The largest absolute Gasteiger partial charge is 0.391 e. The maximum absolute atomic E-state index is 10.3. The monoisotopic (exact) mass is 310 g/mol. The molecular formula is C17H27ClN2O. The number of aliphatic hydroxyl groups is 1. The van der Waals surface area contributed by atoms with Crippen LogP contribution in [0.4, 0.5) is 5.69 Å². The van der Waals surface area contributed by atoms with Crippen LogP contribution in [0.1, 0.15) is 44.6 Å². The second-order valence-corrected chi connectivity index (χ2v) is 6.35. The Balaban J connectivity index is 2.18. The van der Waals surface area contributed by atoms with Crippen molar-refractivity contribution in [1.82, 2.24) is 5.32 Å². The first-order valence-electron chi connectivity index (χ1n) is 8.04. The number of hydrogen-bond donors (Lipinski definition) is 2. The molecule has 0 saturated heterocycles. The predicted molar refractivity (Wildman–Crippen MR) is 90.1 cm³/mol. The van der Waals surface area contributed by atoms with Gasteiger partial charge in [-0.25, -0.2) is 0 Å². The number of halogens is 1. The van der Waals surface area contributed by atoms with Crippen molar-refractivity contribution in [3.63, 3.8) is 0 Å². The number of rotatable bonds is 6. The van der Waals surface area contributed by atoms with Crippen LogP contribution in [0, 0.1) is 0 Å². The highest BCUT2D eigenvalue weighted by Gasteiger charge is 2.28. The summed E-state index contributed by atoms with van der Waals surface area (Å²) in [4.78, 5) is 2.22. The van der Waals surface area contributed by atoms with Gasteiger partial charge in [0, 0.05) is 29.9 Å². The highest BCUT2D eigenvalue weighted by atomic mass is 35.5. The first-order valence-corrected chi connectivity index (χ1v) is 8.42. The molecule has 1 aliphatic rings. The van der Waals surface area contributed by atoms with Crippen LogP contribution in [-0.2, 0) is 6.54 Å². The summed E-state index contributed by atoms with van der Waals surface area (Å²) >= 11 is 6.40. The topological polar surface area (TPSA) is 35.5 Å². The Kier molecular flexibility index (Phi) is 6.34. The van der Waals surface area contributed by atoms with E-state index < -0.39 is 0 Å². The van der Waals surface area contributed by atoms with E-state index in [4.69, 9.17) is 11.6 Å². The van der Waals surface area contributed by atoms with Gasteiger partial charge in [-0.1, -0.05) is 37.4 Å². The molecule has 2 unspecified atom stereocenters. The fourth-order valence-electron chi connectivity index (χ4n) is 3.17. The molecule has 0 radical (unpaired) electrons. The van der Waals surface area contributed by atoms with Gasteiger partial charge in [-0.15, -0.1) is 0 Å². The highest BCUT2D eigenvalue weighted by molar-refractivity contribution is 6.31. The van der Waals surface area contributed by atoms with Crippen LogP contribution < -0.4 is 10.2 Å². The standard InChI is InChI=1S/C17H27ClN2O/c1-3-11-19-12-13-14(18)7-6-9-15(13)20(2)16-8-4-5-10-17(16)21/h6-7,9,16-17,19,21H,3-5,8,10-12H2,1-2H3. The van der Waals surface area contributed by atoms with Crippen LogP contribution in [0.5, 0.6) is 0 Å². The third kappa shape index (κ3) is 4.12. The van der Waals surface area contributed by atoms with Crippen LogP contribution in [0.15, 0.2) is 18.2 Å². The van der Waals surface area contributed by atoms with Gasteiger partial charge in [-0.3, -0.25) is 0 Å². The van der Waals surface area contributed by atoms with Crippen LogP contribution in [0.25, 0.3) is 0 Å². The van der Waals surface area contributed by atoms with Gasteiger partial charge in [0.25, 0.3) is 0 Å². The molecule has 0 amide bonds. The van der Waals surface area contributed by atoms with E-state index in [0.29, 0.717) is 0 Å². The number of anilines is 1. The summed E-state index contributed by atoms with van der Waals surface area (Å²) in [6.45, 7) is 3.92. The minimum Gasteiger partial charge on any atom is -0.391 e. The zero-order chi connectivity index (χ0) is 15.2. The van der Waals surface area contributed by atoms with E-state index in [1.807, 2.05) is 12.1 Å². The van der Waals surface area contributed by atoms with Crippen LogP contribution in [-0.4, -0.2) is 30.8 Å². The van der Waals surface area contributed by atoms with E-state index in [2.05, 4.69) is 30.3 Å². The fourth-order valence-corrected chi connectivity index (χ4v) is 3.40. The molecule has 0 bridgehead atoms. The summed E-state index contributed by atoms with van der Waals surface area (Å²) in [6.07, 6.45) is 5.14. The Morgan fingerprint density at radius 1 is 1.33 bits per heavy atom. The normalized spacial score (nSPS) is 22.3. The molecule has 2 N–H and O–H groups in total. The molecule has 0 spiro atoms. The molecule has 1 aromatic carbocycles. The van der Waals surface area contributed by atoms with Gasteiger partial charge >= 0.3 is 0 Å². The average Bonchev–Trinajstić information content (AvgIpc) is 2.49. The smallest absolute Gasteiger partial charge is 0.0743 e. The molecule has 21 heavy (non-hydrogen) atoms. The lowest BCUT2D eigenvalue weighted by atomic mass is 9.91. The molecule has 2 atom stereocenters.